The molecule has 0 amide bonds. The third kappa shape index (κ3) is 4.66. The van der Waals surface area contributed by atoms with Gasteiger partial charge in [0.1, 0.15) is 6.26 Å². The van der Waals surface area contributed by atoms with Crippen molar-refractivity contribution in [3.8, 4) is 11.1 Å². The first-order chi connectivity index (χ1) is 16.3. The number of rotatable bonds is 5. The molecule has 0 radical (unpaired) electrons. The zero-order valence-electron chi connectivity index (χ0n) is 18.4. The Morgan fingerprint density at radius 1 is 0.882 bits per heavy atom. The number of fused-ring (bicyclic) bond motifs is 1. The summed E-state index contributed by atoms with van der Waals surface area (Å²) in [6, 6.07) is 21.9. The first kappa shape index (κ1) is 21.8. The van der Waals surface area contributed by atoms with Gasteiger partial charge in [0.2, 0.25) is 5.89 Å². The number of halogens is 3. The summed E-state index contributed by atoms with van der Waals surface area (Å²) in [5.74, 6) is 0.396. The molecule has 0 bridgehead atoms. The fraction of sp³-hybridized carbons (Fsp3) is 0.107. The number of benzene rings is 3. The number of oxazole rings is 1. The monoisotopic (exact) mass is 458 g/mol. The van der Waals surface area contributed by atoms with Gasteiger partial charge in [-0.3, -0.25) is 0 Å². The van der Waals surface area contributed by atoms with Crippen molar-refractivity contribution in [2.24, 2.45) is 0 Å². The van der Waals surface area contributed by atoms with Gasteiger partial charge in [-0.2, -0.15) is 13.2 Å². The fourth-order valence-electron chi connectivity index (χ4n) is 3.86. The molecule has 34 heavy (non-hydrogen) atoms. The summed E-state index contributed by atoms with van der Waals surface area (Å²) in [6.07, 6.45) is 2.60. The van der Waals surface area contributed by atoms with Crippen molar-refractivity contribution in [2.45, 2.75) is 19.6 Å². The molecule has 0 saturated carbocycles. The van der Waals surface area contributed by atoms with E-state index in [0.717, 1.165) is 28.7 Å². The van der Waals surface area contributed by atoms with Gasteiger partial charge in [0.15, 0.2) is 0 Å². The minimum atomic E-state index is -4.34. The third-order valence-electron chi connectivity index (χ3n) is 5.71. The zero-order chi connectivity index (χ0) is 23.7. The Hall–Kier alpha value is -4.06. The van der Waals surface area contributed by atoms with Gasteiger partial charge >= 0.3 is 6.18 Å². The van der Waals surface area contributed by atoms with Crippen LogP contribution >= 0.6 is 0 Å². The summed E-state index contributed by atoms with van der Waals surface area (Å²) in [4.78, 5) is 4.48. The highest BCUT2D eigenvalue weighted by atomic mass is 19.4. The van der Waals surface area contributed by atoms with Gasteiger partial charge in [0.25, 0.3) is 0 Å². The van der Waals surface area contributed by atoms with Crippen molar-refractivity contribution in [3.05, 3.63) is 114 Å². The highest BCUT2D eigenvalue weighted by Crippen LogP contribution is 2.29. The molecule has 2 aromatic heterocycles. The quantitative estimate of drug-likeness (QED) is 0.269. The molecule has 3 nitrogen and oxygen atoms in total. The van der Waals surface area contributed by atoms with Gasteiger partial charge in [-0.1, -0.05) is 48.0 Å². The smallest absolute Gasteiger partial charge is 0.416 e. The molecule has 170 valence electrons. The minimum Gasteiger partial charge on any atom is -0.445 e. The van der Waals surface area contributed by atoms with Crippen LogP contribution in [0.15, 0.2) is 89.7 Å². The van der Waals surface area contributed by atoms with Gasteiger partial charge < -0.3 is 8.98 Å². The lowest BCUT2D eigenvalue weighted by atomic mass is 10.0. The number of aromatic nitrogens is 2. The van der Waals surface area contributed by atoms with E-state index >= 15 is 0 Å². The molecule has 5 rings (SSSR count). The molecular formula is C28H21F3N2O. The summed E-state index contributed by atoms with van der Waals surface area (Å²) >= 11 is 0. The van der Waals surface area contributed by atoms with E-state index in [9.17, 15) is 13.2 Å². The van der Waals surface area contributed by atoms with Crippen molar-refractivity contribution < 1.29 is 17.6 Å². The average molecular weight is 458 g/mol. The average Bonchev–Trinajstić information content (AvgIpc) is 3.45. The number of nitrogens with zero attached hydrogens (tertiary/aromatic N) is 2. The van der Waals surface area contributed by atoms with E-state index < -0.39 is 11.7 Å². The van der Waals surface area contributed by atoms with Gasteiger partial charge in [0, 0.05) is 23.2 Å². The second-order valence-corrected chi connectivity index (χ2v) is 8.21. The van der Waals surface area contributed by atoms with Crippen molar-refractivity contribution in [2.75, 3.05) is 0 Å². The molecule has 0 aliphatic heterocycles. The van der Waals surface area contributed by atoms with E-state index in [1.165, 1.54) is 28.8 Å². The second kappa shape index (κ2) is 8.71. The summed E-state index contributed by atoms with van der Waals surface area (Å²) in [5.41, 5.74) is 5.40. The van der Waals surface area contributed by atoms with E-state index in [-0.39, 0.29) is 0 Å². The van der Waals surface area contributed by atoms with Crippen LogP contribution < -0.4 is 0 Å². The molecule has 0 spiro atoms. The molecular weight excluding hydrogens is 437 g/mol. The summed E-state index contributed by atoms with van der Waals surface area (Å²) in [7, 11) is 0. The SMILES string of the molecule is Cc1ccc(-c2ccc3c(ccn3Cc3coc(/C=C/c4ccc(C(F)(F)F)cc4)n3)c2)cc1. The first-order valence-electron chi connectivity index (χ1n) is 10.8. The maximum atomic E-state index is 12.7. The van der Waals surface area contributed by atoms with E-state index in [1.54, 1.807) is 18.4 Å². The molecule has 3 aromatic carbocycles. The lowest BCUT2D eigenvalue weighted by molar-refractivity contribution is -0.137. The maximum Gasteiger partial charge on any atom is 0.416 e. The van der Waals surface area contributed by atoms with Crippen LogP contribution in [0.5, 0.6) is 0 Å². The predicted octanol–water partition coefficient (Wildman–Crippen LogP) is 7.84. The fourth-order valence-corrected chi connectivity index (χ4v) is 3.86. The van der Waals surface area contributed by atoms with Crippen LogP contribution in [0.4, 0.5) is 13.2 Å². The van der Waals surface area contributed by atoms with Gasteiger partial charge in [-0.05, 0) is 60.0 Å². The van der Waals surface area contributed by atoms with Gasteiger partial charge in [-0.25, -0.2) is 4.98 Å². The first-order valence-corrected chi connectivity index (χ1v) is 10.8. The molecule has 0 fully saturated rings. The summed E-state index contributed by atoms with van der Waals surface area (Å²) in [5, 5.41) is 1.14. The van der Waals surface area contributed by atoms with Gasteiger partial charge in [-0.15, -0.1) is 0 Å². The molecule has 0 aliphatic rings. The highest BCUT2D eigenvalue weighted by molar-refractivity contribution is 5.85. The maximum absolute atomic E-state index is 12.7. The zero-order valence-corrected chi connectivity index (χ0v) is 18.4. The molecule has 0 unspecified atom stereocenters. The Balaban J connectivity index is 1.30. The molecule has 2 heterocycles. The van der Waals surface area contributed by atoms with Crippen LogP contribution in [0.3, 0.4) is 0 Å². The molecule has 5 aromatic rings. The standard InChI is InChI=1S/C28H21F3N2O/c1-19-2-7-21(8-3-19)22-9-12-26-23(16-22)14-15-33(26)17-25-18-34-27(32-25)13-6-20-4-10-24(11-5-20)28(29,30)31/h2-16,18H,17H2,1H3/b13-6+. The third-order valence-corrected chi connectivity index (χ3v) is 5.71. The Morgan fingerprint density at radius 2 is 1.62 bits per heavy atom. The number of hydrogen-bond acceptors (Lipinski definition) is 2. The Labute approximate surface area is 194 Å². The summed E-state index contributed by atoms with van der Waals surface area (Å²) in [6.45, 7) is 2.62. The lowest BCUT2D eigenvalue weighted by Crippen LogP contribution is -2.03. The van der Waals surface area contributed by atoms with Crippen LogP contribution in [0.1, 0.15) is 28.3 Å². The molecule has 0 aliphatic carbocycles. The van der Waals surface area contributed by atoms with Crippen molar-refractivity contribution in [1.82, 2.24) is 9.55 Å². The van der Waals surface area contributed by atoms with E-state index in [1.807, 2.05) is 6.20 Å². The van der Waals surface area contributed by atoms with Crippen molar-refractivity contribution >= 4 is 23.1 Å². The topological polar surface area (TPSA) is 31.0 Å². The predicted molar refractivity (Wildman–Crippen MR) is 128 cm³/mol. The Bertz CT molecular complexity index is 1460. The minimum absolute atomic E-state index is 0.396. The lowest BCUT2D eigenvalue weighted by Gasteiger charge is -2.06. The van der Waals surface area contributed by atoms with Gasteiger partial charge in [0.05, 0.1) is 17.8 Å². The molecule has 6 heteroatoms. The van der Waals surface area contributed by atoms with E-state index in [0.29, 0.717) is 18.0 Å². The highest BCUT2D eigenvalue weighted by Gasteiger charge is 2.29. The number of hydrogen-bond donors (Lipinski definition) is 0. The second-order valence-electron chi connectivity index (χ2n) is 8.21. The molecule has 0 atom stereocenters. The van der Waals surface area contributed by atoms with Crippen LogP contribution in [-0.4, -0.2) is 9.55 Å². The van der Waals surface area contributed by atoms with Crippen LogP contribution in [0.25, 0.3) is 34.2 Å². The van der Waals surface area contributed by atoms with E-state index in [4.69, 9.17) is 4.42 Å². The Morgan fingerprint density at radius 3 is 2.35 bits per heavy atom. The van der Waals surface area contributed by atoms with Crippen LogP contribution in [-0.2, 0) is 12.7 Å². The number of aryl methyl sites for hydroxylation is 1. The Kier molecular flexibility index (Phi) is 5.57. The van der Waals surface area contributed by atoms with Crippen LogP contribution in [0, 0.1) is 6.92 Å². The van der Waals surface area contributed by atoms with E-state index in [2.05, 4.69) is 65.0 Å². The van der Waals surface area contributed by atoms with Crippen LogP contribution in [0.2, 0.25) is 0 Å². The molecule has 0 saturated heterocycles. The van der Waals surface area contributed by atoms with Crippen molar-refractivity contribution in [3.63, 3.8) is 0 Å². The van der Waals surface area contributed by atoms with Crippen molar-refractivity contribution in [1.29, 1.82) is 0 Å². The number of alkyl halides is 3. The summed E-state index contributed by atoms with van der Waals surface area (Å²) < 4.78 is 45.7. The molecule has 0 N–H and O–H groups in total. The normalized spacial score (nSPS) is 12.1. The largest absolute Gasteiger partial charge is 0.445 e.